The van der Waals surface area contributed by atoms with E-state index in [1.54, 1.807) is 16.8 Å². The van der Waals surface area contributed by atoms with Crippen LogP contribution in [-0.4, -0.2) is 26.0 Å². The van der Waals surface area contributed by atoms with Crippen LogP contribution in [0.5, 0.6) is 5.88 Å². The second kappa shape index (κ2) is 3.72. The van der Waals surface area contributed by atoms with Gasteiger partial charge in [0.25, 0.3) is 0 Å². The van der Waals surface area contributed by atoms with E-state index in [4.69, 9.17) is 10.1 Å². The van der Waals surface area contributed by atoms with Gasteiger partial charge in [-0.2, -0.15) is 4.52 Å². The maximum atomic E-state index is 7.79. The summed E-state index contributed by atoms with van der Waals surface area (Å²) in [5.41, 5.74) is 0.916. The molecule has 80 valence electrons. The van der Waals surface area contributed by atoms with Gasteiger partial charge in [-0.05, 0) is 19.9 Å². The largest absolute Gasteiger partial charge is 0.477 e. The van der Waals surface area contributed by atoms with Crippen LogP contribution in [0.15, 0.2) is 12.1 Å². The zero-order chi connectivity index (χ0) is 10.8. The second-order valence-electron chi connectivity index (χ2n) is 3.01. The molecule has 0 aliphatic carbocycles. The molecule has 0 saturated heterocycles. The number of aromatic nitrogens is 4. The third kappa shape index (κ3) is 1.58. The van der Waals surface area contributed by atoms with Crippen molar-refractivity contribution in [3.8, 4) is 5.88 Å². The Labute approximate surface area is 86.6 Å². The molecule has 15 heavy (non-hydrogen) atoms. The topological polar surface area (TPSA) is 68.2 Å². The van der Waals surface area contributed by atoms with Gasteiger partial charge in [0, 0.05) is 12.6 Å². The van der Waals surface area contributed by atoms with E-state index in [2.05, 4.69) is 10.2 Å². The van der Waals surface area contributed by atoms with E-state index in [0.29, 0.717) is 24.7 Å². The molecular weight excluding hydrogens is 194 g/mol. The minimum absolute atomic E-state index is 0.258. The van der Waals surface area contributed by atoms with Crippen LogP contribution >= 0.6 is 0 Å². The molecule has 6 nitrogen and oxygen atoms in total. The first-order chi connectivity index (χ1) is 7.26. The second-order valence-corrected chi connectivity index (χ2v) is 3.01. The molecule has 0 aliphatic heterocycles. The number of rotatable bonds is 3. The van der Waals surface area contributed by atoms with Gasteiger partial charge in [0.15, 0.2) is 5.65 Å². The average Bonchev–Trinajstić information content (AvgIpc) is 2.56. The zero-order valence-corrected chi connectivity index (χ0v) is 8.77. The van der Waals surface area contributed by atoms with Crippen LogP contribution in [0.25, 0.3) is 5.65 Å². The summed E-state index contributed by atoms with van der Waals surface area (Å²) in [6.45, 7) is 5.06. The van der Waals surface area contributed by atoms with Gasteiger partial charge in [-0.3, -0.25) is 5.41 Å². The van der Waals surface area contributed by atoms with Gasteiger partial charge >= 0.3 is 0 Å². The molecule has 2 rings (SSSR count). The molecule has 0 atom stereocenters. The lowest BCUT2D eigenvalue weighted by Crippen LogP contribution is -2.22. The van der Waals surface area contributed by atoms with Gasteiger partial charge in [0.05, 0.1) is 6.61 Å². The maximum Gasteiger partial charge on any atom is 0.242 e. The quantitative estimate of drug-likeness (QED) is 0.793. The summed E-state index contributed by atoms with van der Waals surface area (Å²) in [4.78, 5) is 0. The number of ether oxygens (including phenoxy) is 1. The van der Waals surface area contributed by atoms with Crippen molar-refractivity contribution < 1.29 is 4.74 Å². The van der Waals surface area contributed by atoms with E-state index in [1.165, 1.54) is 4.52 Å². The van der Waals surface area contributed by atoms with Crippen molar-refractivity contribution in [2.45, 2.75) is 20.4 Å². The molecule has 2 aromatic heterocycles. The smallest absolute Gasteiger partial charge is 0.242 e. The van der Waals surface area contributed by atoms with Crippen LogP contribution in [-0.2, 0) is 6.54 Å². The van der Waals surface area contributed by atoms with Crippen LogP contribution in [0.4, 0.5) is 0 Å². The van der Waals surface area contributed by atoms with Crippen LogP contribution in [0.1, 0.15) is 13.8 Å². The Morgan fingerprint density at radius 3 is 2.80 bits per heavy atom. The number of aryl methyl sites for hydroxylation is 1. The molecule has 0 bridgehead atoms. The van der Waals surface area contributed by atoms with Crippen LogP contribution in [0.2, 0.25) is 0 Å². The number of nitrogens with one attached hydrogen (secondary N) is 1. The van der Waals surface area contributed by atoms with Gasteiger partial charge in [-0.25, -0.2) is 4.68 Å². The Kier molecular flexibility index (Phi) is 2.40. The summed E-state index contributed by atoms with van der Waals surface area (Å²) >= 11 is 0. The number of hydrogen-bond acceptors (Lipinski definition) is 4. The first-order valence-electron chi connectivity index (χ1n) is 4.90. The van der Waals surface area contributed by atoms with Gasteiger partial charge in [0.2, 0.25) is 11.5 Å². The predicted octanol–water partition coefficient (Wildman–Crippen LogP) is 0.429. The Morgan fingerprint density at radius 2 is 2.13 bits per heavy atom. The lowest BCUT2D eigenvalue weighted by Gasteiger charge is -2.00. The first-order valence-corrected chi connectivity index (χ1v) is 4.90. The van der Waals surface area contributed by atoms with Crippen molar-refractivity contribution in [2.24, 2.45) is 0 Å². The SMILES string of the molecule is CCOc1ccc2nn(CC)c(=N)n2n1. The van der Waals surface area contributed by atoms with E-state index in [1.807, 2.05) is 13.8 Å². The molecule has 0 amide bonds. The Balaban J connectivity index is 2.60. The predicted molar refractivity (Wildman–Crippen MR) is 53.7 cm³/mol. The standard InChI is InChI=1S/C9H13N5O/c1-3-13-9(10)14-7(11-13)5-6-8(12-14)15-4-2/h5-6,10H,3-4H2,1-2H3. The Morgan fingerprint density at radius 1 is 1.33 bits per heavy atom. The normalized spacial score (nSPS) is 10.8. The van der Waals surface area contributed by atoms with Crippen LogP contribution < -0.4 is 10.4 Å². The van der Waals surface area contributed by atoms with Gasteiger partial charge in [0.1, 0.15) is 0 Å². The van der Waals surface area contributed by atoms with Gasteiger partial charge < -0.3 is 4.74 Å². The minimum atomic E-state index is 0.258. The van der Waals surface area contributed by atoms with Crippen LogP contribution in [0, 0.1) is 5.41 Å². The lowest BCUT2D eigenvalue weighted by atomic mass is 10.5. The Hall–Kier alpha value is -1.85. The number of fused-ring (bicyclic) bond motifs is 1. The average molecular weight is 207 g/mol. The van der Waals surface area contributed by atoms with Crippen LogP contribution in [0.3, 0.4) is 0 Å². The minimum Gasteiger partial charge on any atom is -0.477 e. The highest BCUT2D eigenvalue weighted by Crippen LogP contribution is 2.05. The molecule has 0 unspecified atom stereocenters. The molecule has 0 saturated carbocycles. The monoisotopic (exact) mass is 207 g/mol. The fourth-order valence-electron chi connectivity index (χ4n) is 1.36. The van der Waals surface area contributed by atoms with E-state index in [9.17, 15) is 0 Å². The van der Waals surface area contributed by atoms with E-state index >= 15 is 0 Å². The molecule has 2 heterocycles. The highest BCUT2D eigenvalue weighted by Gasteiger charge is 2.04. The van der Waals surface area contributed by atoms with Crippen molar-refractivity contribution in [1.29, 1.82) is 5.41 Å². The molecule has 6 heteroatoms. The van der Waals surface area contributed by atoms with Crippen molar-refractivity contribution in [2.75, 3.05) is 6.61 Å². The molecule has 2 aromatic rings. The van der Waals surface area contributed by atoms with E-state index in [-0.39, 0.29) is 5.62 Å². The third-order valence-corrected chi connectivity index (χ3v) is 2.05. The summed E-state index contributed by atoms with van der Waals surface area (Å²) in [7, 11) is 0. The molecule has 1 N–H and O–H groups in total. The maximum absolute atomic E-state index is 7.79. The van der Waals surface area contributed by atoms with E-state index < -0.39 is 0 Å². The van der Waals surface area contributed by atoms with Crippen molar-refractivity contribution in [1.82, 2.24) is 19.4 Å². The summed E-state index contributed by atoms with van der Waals surface area (Å²) in [5, 5.41) is 16.2. The molecule has 0 aromatic carbocycles. The van der Waals surface area contributed by atoms with Crippen molar-refractivity contribution in [3.63, 3.8) is 0 Å². The molecular formula is C9H13N5O. The van der Waals surface area contributed by atoms with E-state index in [0.717, 1.165) is 0 Å². The van der Waals surface area contributed by atoms with Crippen molar-refractivity contribution >= 4 is 5.65 Å². The summed E-state index contributed by atoms with van der Waals surface area (Å²) in [5.74, 6) is 0.513. The van der Waals surface area contributed by atoms with Gasteiger partial charge in [-0.1, -0.05) is 0 Å². The molecule has 0 aliphatic rings. The summed E-state index contributed by atoms with van der Waals surface area (Å²) in [6, 6.07) is 3.55. The number of hydrogen-bond donors (Lipinski definition) is 1. The van der Waals surface area contributed by atoms with Gasteiger partial charge in [-0.15, -0.1) is 10.2 Å². The fraction of sp³-hybridized carbons (Fsp3) is 0.444. The lowest BCUT2D eigenvalue weighted by molar-refractivity contribution is 0.320. The summed E-state index contributed by atoms with van der Waals surface area (Å²) in [6.07, 6.45) is 0. The number of nitrogens with zero attached hydrogens (tertiary/aromatic N) is 4. The third-order valence-electron chi connectivity index (χ3n) is 2.05. The Bertz CT molecular complexity index is 527. The summed E-state index contributed by atoms with van der Waals surface area (Å²) < 4.78 is 8.31. The highest BCUT2D eigenvalue weighted by atomic mass is 16.5. The molecule has 0 radical (unpaired) electrons. The first kappa shape index (κ1) is 9.70. The highest BCUT2D eigenvalue weighted by molar-refractivity contribution is 5.35. The molecule has 0 spiro atoms. The fourth-order valence-corrected chi connectivity index (χ4v) is 1.36. The zero-order valence-electron chi connectivity index (χ0n) is 8.77. The van der Waals surface area contributed by atoms with Crippen molar-refractivity contribution in [3.05, 3.63) is 17.8 Å². The molecule has 0 fully saturated rings.